The van der Waals surface area contributed by atoms with Crippen LogP contribution in [-0.2, 0) is 4.79 Å². The van der Waals surface area contributed by atoms with Crippen LogP contribution in [0.25, 0.3) is 5.69 Å². The summed E-state index contributed by atoms with van der Waals surface area (Å²) in [5, 5.41) is 12.4. The van der Waals surface area contributed by atoms with Crippen molar-refractivity contribution >= 4 is 28.1 Å². The summed E-state index contributed by atoms with van der Waals surface area (Å²) >= 11 is 3.60. The number of hydrazone groups is 1. The van der Waals surface area contributed by atoms with Crippen molar-refractivity contribution in [2.45, 2.75) is 34.1 Å². The molecule has 0 unspecified atom stereocenters. The Balaban J connectivity index is 2.39. The van der Waals surface area contributed by atoms with E-state index in [0.29, 0.717) is 0 Å². The summed E-state index contributed by atoms with van der Waals surface area (Å²) in [5.74, 6) is -0.423. The molecule has 1 heterocycles. The zero-order chi connectivity index (χ0) is 17.9. The summed E-state index contributed by atoms with van der Waals surface area (Å²) in [7, 11) is 0. The first-order valence-corrected chi connectivity index (χ1v) is 8.30. The minimum atomic E-state index is -0.423. The number of amides is 1. The number of hydrogen-bond donors (Lipinski definition) is 1. The van der Waals surface area contributed by atoms with Gasteiger partial charge in [0, 0.05) is 27.1 Å². The van der Waals surface area contributed by atoms with Gasteiger partial charge >= 0.3 is 0 Å². The molecular formula is C18H19BrN4O. The van der Waals surface area contributed by atoms with Gasteiger partial charge in [0.25, 0.3) is 5.91 Å². The normalized spacial score (nSPS) is 10.8. The number of nitrogens with one attached hydrogen (secondary N) is 1. The van der Waals surface area contributed by atoms with Gasteiger partial charge in [-0.3, -0.25) is 4.79 Å². The van der Waals surface area contributed by atoms with E-state index in [1.165, 1.54) is 11.1 Å². The van der Waals surface area contributed by atoms with Crippen molar-refractivity contribution in [3.8, 4) is 11.8 Å². The number of nitriles is 1. The van der Waals surface area contributed by atoms with E-state index in [1.54, 1.807) is 12.3 Å². The second-order valence-electron chi connectivity index (χ2n) is 5.63. The molecular weight excluding hydrogens is 368 g/mol. The lowest BCUT2D eigenvalue weighted by Crippen LogP contribution is -2.16. The van der Waals surface area contributed by atoms with Crippen molar-refractivity contribution in [2.75, 3.05) is 0 Å². The van der Waals surface area contributed by atoms with Crippen LogP contribution < -0.4 is 5.43 Å². The molecule has 1 amide bonds. The molecule has 1 aromatic carbocycles. The van der Waals surface area contributed by atoms with Gasteiger partial charge in [-0.25, -0.2) is 5.43 Å². The predicted octanol–water partition coefficient (Wildman–Crippen LogP) is 3.84. The van der Waals surface area contributed by atoms with Crippen LogP contribution in [0.4, 0.5) is 0 Å². The highest BCUT2D eigenvalue weighted by Gasteiger charge is 2.16. The summed E-state index contributed by atoms with van der Waals surface area (Å²) in [4.78, 5) is 11.3. The van der Waals surface area contributed by atoms with Crippen LogP contribution in [0.2, 0.25) is 0 Å². The Morgan fingerprint density at radius 1 is 1.29 bits per heavy atom. The largest absolute Gasteiger partial charge is 0.317 e. The lowest BCUT2D eigenvalue weighted by atomic mass is 10.1. The zero-order valence-corrected chi connectivity index (χ0v) is 15.7. The molecule has 0 fully saturated rings. The highest BCUT2D eigenvalue weighted by atomic mass is 79.9. The molecule has 2 rings (SSSR count). The molecule has 1 aromatic heterocycles. The van der Waals surface area contributed by atoms with Gasteiger partial charge in [-0.2, -0.15) is 10.4 Å². The van der Waals surface area contributed by atoms with Crippen molar-refractivity contribution in [2.24, 2.45) is 5.10 Å². The molecule has 0 atom stereocenters. The smallest absolute Gasteiger partial charge is 0.254 e. The van der Waals surface area contributed by atoms with Crippen LogP contribution in [0.3, 0.4) is 0 Å². The van der Waals surface area contributed by atoms with Gasteiger partial charge in [-0.05, 0) is 66.9 Å². The summed E-state index contributed by atoms with van der Waals surface area (Å²) in [6, 6.07) is 8.13. The average molecular weight is 387 g/mol. The molecule has 0 radical (unpaired) electrons. The number of carbonyl (C=O) groups excluding carboxylic acids is 1. The lowest BCUT2D eigenvalue weighted by molar-refractivity contribution is -0.120. The number of aryl methyl sites for hydroxylation is 2. The molecule has 5 nitrogen and oxygen atoms in total. The van der Waals surface area contributed by atoms with Gasteiger partial charge < -0.3 is 4.57 Å². The molecule has 0 bridgehead atoms. The van der Waals surface area contributed by atoms with Gasteiger partial charge in [-0.15, -0.1) is 0 Å². The first kappa shape index (κ1) is 18.0. The number of benzene rings is 1. The third-order valence-corrected chi connectivity index (χ3v) is 4.99. The maximum Gasteiger partial charge on any atom is 0.254 e. The maximum atomic E-state index is 11.3. The van der Waals surface area contributed by atoms with Crippen molar-refractivity contribution in [3.63, 3.8) is 0 Å². The number of aromatic nitrogens is 1. The first-order valence-electron chi connectivity index (χ1n) is 7.50. The maximum absolute atomic E-state index is 11.3. The van der Waals surface area contributed by atoms with Crippen LogP contribution in [0.1, 0.15) is 34.5 Å². The van der Waals surface area contributed by atoms with Gasteiger partial charge in [0.05, 0.1) is 12.3 Å². The van der Waals surface area contributed by atoms with E-state index < -0.39 is 5.91 Å². The second kappa shape index (κ2) is 7.45. The summed E-state index contributed by atoms with van der Waals surface area (Å²) in [5.41, 5.74) is 8.88. The van der Waals surface area contributed by atoms with E-state index in [-0.39, 0.29) is 6.42 Å². The van der Waals surface area contributed by atoms with Crippen molar-refractivity contribution in [1.29, 1.82) is 5.26 Å². The average Bonchev–Trinajstić information content (AvgIpc) is 2.74. The molecule has 24 heavy (non-hydrogen) atoms. The van der Waals surface area contributed by atoms with E-state index in [0.717, 1.165) is 27.1 Å². The Labute approximate surface area is 150 Å². The topological polar surface area (TPSA) is 70.2 Å². The standard InChI is InChI=1S/C18H19BrN4O/c1-11-5-6-15(9-12(11)2)23-13(3)16(18(19)14(23)4)10-21-22-17(24)7-8-20/h5-6,9-10H,7H2,1-4H3,(H,22,24)/b21-10-. The van der Waals surface area contributed by atoms with Crippen LogP contribution in [0.15, 0.2) is 27.8 Å². The van der Waals surface area contributed by atoms with Gasteiger partial charge in [0.15, 0.2) is 0 Å². The molecule has 0 aliphatic heterocycles. The molecule has 6 heteroatoms. The highest BCUT2D eigenvalue weighted by molar-refractivity contribution is 9.10. The van der Waals surface area contributed by atoms with Gasteiger partial charge in [0.2, 0.25) is 0 Å². The first-order chi connectivity index (χ1) is 11.4. The van der Waals surface area contributed by atoms with E-state index >= 15 is 0 Å². The monoisotopic (exact) mass is 386 g/mol. The van der Waals surface area contributed by atoms with E-state index in [2.05, 4.69) is 63.1 Å². The third kappa shape index (κ3) is 3.57. The van der Waals surface area contributed by atoms with E-state index in [9.17, 15) is 4.79 Å². The van der Waals surface area contributed by atoms with Crippen LogP contribution in [-0.4, -0.2) is 16.7 Å². The van der Waals surface area contributed by atoms with Crippen LogP contribution in [0, 0.1) is 39.0 Å². The number of halogens is 1. The van der Waals surface area contributed by atoms with E-state index in [4.69, 9.17) is 5.26 Å². The van der Waals surface area contributed by atoms with Crippen molar-refractivity contribution in [3.05, 3.63) is 50.8 Å². The number of rotatable bonds is 4. The van der Waals surface area contributed by atoms with Crippen LogP contribution in [0.5, 0.6) is 0 Å². The summed E-state index contributed by atoms with van der Waals surface area (Å²) < 4.78 is 3.08. The Morgan fingerprint density at radius 2 is 2.00 bits per heavy atom. The number of hydrogen-bond acceptors (Lipinski definition) is 3. The molecule has 0 aliphatic rings. The van der Waals surface area contributed by atoms with E-state index in [1.807, 2.05) is 13.8 Å². The summed E-state index contributed by atoms with van der Waals surface area (Å²) in [6.45, 7) is 8.21. The molecule has 124 valence electrons. The Bertz CT molecular complexity index is 859. The number of carbonyl (C=O) groups is 1. The Hall–Kier alpha value is -2.39. The zero-order valence-electron chi connectivity index (χ0n) is 14.1. The van der Waals surface area contributed by atoms with Crippen LogP contribution >= 0.6 is 15.9 Å². The van der Waals surface area contributed by atoms with Gasteiger partial charge in [-0.1, -0.05) is 6.07 Å². The van der Waals surface area contributed by atoms with Crippen molar-refractivity contribution in [1.82, 2.24) is 9.99 Å². The molecule has 0 aliphatic carbocycles. The molecule has 0 spiro atoms. The molecule has 2 aromatic rings. The SMILES string of the molecule is Cc1ccc(-n2c(C)c(Br)c(/C=N\NC(=O)CC#N)c2C)cc1C. The fourth-order valence-corrected chi connectivity index (χ4v) is 3.07. The second-order valence-corrected chi connectivity index (χ2v) is 6.42. The minimum absolute atomic E-state index is 0.208. The Morgan fingerprint density at radius 3 is 2.62 bits per heavy atom. The van der Waals surface area contributed by atoms with Gasteiger partial charge in [0.1, 0.15) is 6.42 Å². The molecule has 1 N–H and O–H groups in total. The molecule has 0 saturated heterocycles. The number of nitrogens with zero attached hydrogens (tertiary/aromatic N) is 3. The third-order valence-electron chi connectivity index (χ3n) is 3.99. The fourth-order valence-electron chi connectivity index (χ4n) is 2.51. The fraction of sp³-hybridized carbons (Fsp3) is 0.278. The quantitative estimate of drug-likeness (QED) is 0.640. The Kier molecular flexibility index (Phi) is 5.58. The lowest BCUT2D eigenvalue weighted by Gasteiger charge is -2.11. The highest BCUT2D eigenvalue weighted by Crippen LogP contribution is 2.30. The summed E-state index contributed by atoms with van der Waals surface area (Å²) in [6.07, 6.45) is 1.39. The van der Waals surface area contributed by atoms with Crippen molar-refractivity contribution < 1.29 is 4.79 Å². The predicted molar refractivity (Wildman–Crippen MR) is 98.4 cm³/mol. The molecule has 0 saturated carbocycles. The minimum Gasteiger partial charge on any atom is -0.317 e.